The summed E-state index contributed by atoms with van der Waals surface area (Å²) in [5.41, 5.74) is 3.39. The molecule has 2 aromatic carbocycles. The van der Waals surface area contributed by atoms with E-state index >= 15 is 0 Å². The topological polar surface area (TPSA) is 66.5 Å². The first-order valence-electron chi connectivity index (χ1n) is 8.87. The molecule has 0 heterocycles. The van der Waals surface area contributed by atoms with Gasteiger partial charge in [-0.05, 0) is 48.6 Å². The maximum absolute atomic E-state index is 12.9. The van der Waals surface area contributed by atoms with E-state index in [9.17, 15) is 13.2 Å². The van der Waals surface area contributed by atoms with Crippen LogP contribution in [-0.2, 0) is 16.4 Å². The summed E-state index contributed by atoms with van der Waals surface area (Å²) in [7, 11) is -1.57. The number of benzene rings is 2. The van der Waals surface area contributed by atoms with Gasteiger partial charge in [0.2, 0.25) is 10.0 Å². The average Bonchev–Trinajstić information content (AvgIpc) is 3.04. The number of fused-ring (bicyclic) bond motifs is 1. The lowest BCUT2D eigenvalue weighted by atomic mass is 10.1. The highest BCUT2D eigenvalue weighted by molar-refractivity contribution is 7.92. The molecule has 0 spiro atoms. The summed E-state index contributed by atoms with van der Waals surface area (Å²) in [4.78, 5) is 14.7. The zero-order chi connectivity index (χ0) is 18.7. The Balaban J connectivity index is 1.79. The second kappa shape index (κ2) is 7.50. The van der Waals surface area contributed by atoms with Crippen LogP contribution in [0.25, 0.3) is 0 Å². The third kappa shape index (κ3) is 3.90. The number of aryl methyl sites for hydroxylation is 1. The molecule has 6 heteroatoms. The summed E-state index contributed by atoms with van der Waals surface area (Å²) in [6.07, 6.45) is 2.41. The van der Waals surface area contributed by atoms with Gasteiger partial charge in [0.05, 0.1) is 11.8 Å². The molecule has 0 aliphatic heterocycles. The summed E-state index contributed by atoms with van der Waals surface area (Å²) in [6.45, 7) is 1.81. The number of anilines is 1. The zero-order valence-electron chi connectivity index (χ0n) is 15.1. The number of rotatable bonds is 6. The number of hydrogen-bond acceptors (Lipinski definition) is 3. The lowest BCUT2D eigenvalue weighted by Crippen LogP contribution is -2.30. The Morgan fingerprint density at radius 1 is 1.19 bits per heavy atom. The minimum atomic E-state index is -3.38. The first-order chi connectivity index (χ1) is 12.4. The Labute approximate surface area is 155 Å². The van der Waals surface area contributed by atoms with Crippen LogP contribution < -0.4 is 4.72 Å². The van der Waals surface area contributed by atoms with E-state index in [1.165, 1.54) is 11.1 Å². The molecule has 3 rings (SSSR count). The minimum absolute atomic E-state index is 0.0548. The van der Waals surface area contributed by atoms with Gasteiger partial charge in [-0.15, -0.1) is 0 Å². The predicted octanol–water partition coefficient (Wildman–Crippen LogP) is 3.60. The first-order valence-corrected chi connectivity index (χ1v) is 10.5. The fourth-order valence-corrected chi connectivity index (χ4v) is 4.62. The smallest absolute Gasteiger partial charge is 0.254 e. The molecule has 1 aliphatic rings. The molecule has 1 N–H and O–H groups in total. The Morgan fingerprint density at radius 3 is 2.73 bits per heavy atom. The lowest BCUT2D eigenvalue weighted by Gasteiger charge is -2.25. The number of nitrogens with one attached hydrogen (secondary N) is 1. The van der Waals surface area contributed by atoms with E-state index in [-0.39, 0.29) is 17.7 Å². The molecule has 0 bridgehead atoms. The van der Waals surface area contributed by atoms with Crippen LogP contribution in [0.15, 0.2) is 48.5 Å². The second-order valence-corrected chi connectivity index (χ2v) is 8.51. The van der Waals surface area contributed by atoms with Gasteiger partial charge >= 0.3 is 0 Å². The summed E-state index contributed by atoms with van der Waals surface area (Å²) < 4.78 is 26.5. The molecular formula is C20H24N2O3S. The SMILES string of the molecule is CCCS(=O)(=O)Nc1cccc(C(=O)N(C)C2CCc3ccccc32)c1. The molecule has 0 saturated carbocycles. The zero-order valence-corrected chi connectivity index (χ0v) is 15.9. The summed E-state index contributed by atoms with van der Waals surface area (Å²) in [6, 6.07) is 14.9. The quantitative estimate of drug-likeness (QED) is 0.842. The van der Waals surface area contributed by atoms with Crippen molar-refractivity contribution in [2.75, 3.05) is 17.5 Å². The molecule has 5 nitrogen and oxygen atoms in total. The Bertz CT molecular complexity index is 909. The van der Waals surface area contributed by atoms with E-state index in [0.29, 0.717) is 17.7 Å². The Morgan fingerprint density at radius 2 is 1.96 bits per heavy atom. The van der Waals surface area contributed by atoms with Crippen molar-refractivity contribution in [3.63, 3.8) is 0 Å². The van der Waals surface area contributed by atoms with E-state index in [2.05, 4.69) is 16.9 Å². The fraction of sp³-hybridized carbons (Fsp3) is 0.350. The van der Waals surface area contributed by atoms with Crippen molar-refractivity contribution in [2.45, 2.75) is 32.2 Å². The van der Waals surface area contributed by atoms with Crippen LogP contribution in [0.2, 0.25) is 0 Å². The molecule has 1 unspecified atom stereocenters. The van der Waals surface area contributed by atoms with Crippen LogP contribution in [0.3, 0.4) is 0 Å². The predicted molar refractivity (Wildman–Crippen MR) is 104 cm³/mol. The lowest BCUT2D eigenvalue weighted by molar-refractivity contribution is 0.0730. The minimum Gasteiger partial charge on any atom is -0.335 e. The van der Waals surface area contributed by atoms with Crippen molar-refractivity contribution in [2.24, 2.45) is 0 Å². The van der Waals surface area contributed by atoms with E-state index in [1.54, 1.807) is 29.2 Å². The van der Waals surface area contributed by atoms with Gasteiger partial charge in [0.15, 0.2) is 0 Å². The van der Waals surface area contributed by atoms with Gasteiger partial charge in [-0.1, -0.05) is 37.3 Å². The maximum Gasteiger partial charge on any atom is 0.254 e. The van der Waals surface area contributed by atoms with Gasteiger partial charge in [0, 0.05) is 18.3 Å². The largest absolute Gasteiger partial charge is 0.335 e. The molecular weight excluding hydrogens is 348 g/mol. The van der Waals surface area contributed by atoms with Crippen LogP contribution in [0.5, 0.6) is 0 Å². The van der Waals surface area contributed by atoms with Gasteiger partial charge in [-0.3, -0.25) is 9.52 Å². The first kappa shape index (κ1) is 18.5. The van der Waals surface area contributed by atoms with Crippen molar-refractivity contribution in [1.82, 2.24) is 4.90 Å². The van der Waals surface area contributed by atoms with Gasteiger partial charge in [-0.25, -0.2) is 8.42 Å². The van der Waals surface area contributed by atoms with Crippen LogP contribution in [0.1, 0.15) is 47.3 Å². The molecule has 0 saturated heterocycles. The Hall–Kier alpha value is -2.34. The van der Waals surface area contributed by atoms with Crippen molar-refractivity contribution < 1.29 is 13.2 Å². The van der Waals surface area contributed by atoms with Crippen molar-refractivity contribution in [3.8, 4) is 0 Å². The van der Waals surface area contributed by atoms with E-state index in [0.717, 1.165) is 12.8 Å². The number of amides is 1. The molecule has 138 valence electrons. The maximum atomic E-state index is 12.9. The summed E-state index contributed by atoms with van der Waals surface area (Å²) in [5.74, 6) is -0.0486. The van der Waals surface area contributed by atoms with Crippen LogP contribution in [-0.4, -0.2) is 32.0 Å². The van der Waals surface area contributed by atoms with Gasteiger partial charge in [-0.2, -0.15) is 0 Å². The average molecular weight is 372 g/mol. The van der Waals surface area contributed by atoms with Gasteiger partial charge in [0.1, 0.15) is 0 Å². The third-order valence-corrected chi connectivity index (χ3v) is 6.24. The molecule has 1 amide bonds. The summed E-state index contributed by atoms with van der Waals surface area (Å²) in [5, 5.41) is 0. The molecule has 0 fully saturated rings. The number of sulfonamides is 1. The van der Waals surface area contributed by atoms with Gasteiger partial charge in [0.25, 0.3) is 5.91 Å². The molecule has 1 aliphatic carbocycles. The van der Waals surface area contributed by atoms with Crippen LogP contribution >= 0.6 is 0 Å². The van der Waals surface area contributed by atoms with Crippen LogP contribution in [0, 0.1) is 0 Å². The van der Waals surface area contributed by atoms with Crippen molar-refractivity contribution >= 4 is 21.6 Å². The normalized spacial score (nSPS) is 16.2. The highest BCUT2D eigenvalue weighted by atomic mass is 32.2. The summed E-state index contributed by atoms with van der Waals surface area (Å²) >= 11 is 0. The van der Waals surface area contributed by atoms with E-state index in [1.807, 2.05) is 26.1 Å². The number of hydrogen-bond donors (Lipinski definition) is 1. The Kier molecular flexibility index (Phi) is 5.32. The van der Waals surface area contributed by atoms with Crippen molar-refractivity contribution in [3.05, 3.63) is 65.2 Å². The highest BCUT2D eigenvalue weighted by Gasteiger charge is 2.28. The molecule has 0 radical (unpaired) electrons. The fourth-order valence-electron chi connectivity index (χ4n) is 3.50. The van der Waals surface area contributed by atoms with Crippen molar-refractivity contribution in [1.29, 1.82) is 0 Å². The molecule has 1 atom stereocenters. The molecule has 26 heavy (non-hydrogen) atoms. The molecule has 2 aromatic rings. The van der Waals surface area contributed by atoms with E-state index < -0.39 is 10.0 Å². The van der Waals surface area contributed by atoms with Gasteiger partial charge < -0.3 is 4.90 Å². The number of carbonyl (C=O) groups excluding carboxylic acids is 1. The highest BCUT2D eigenvalue weighted by Crippen LogP contribution is 2.35. The number of carbonyl (C=O) groups is 1. The second-order valence-electron chi connectivity index (χ2n) is 6.67. The van der Waals surface area contributed by atoms with E-state index in [4.69, 9.17) is 0 Å². The third-order valence-electron chi connectivity index (χ3n) is 4.74. The standard InChI is InChI=1S/C20H24N2O3S/c1-3-13-26(24,25)21-17-9-6-8-16(14-17)20(23)22(2)19-12-11-15-7-4-5-10-18(15)19/h4-10,14,19,21H,3,11-13H2,1-2H3. The van der Waals surface area contributed by atoms with Crippen LogP contribution in [0.4, 0.5) is 5.69 Å². The number of nitrogens with zero attached hydrogens (tertiary/aromatic N) is 1. The molecule has 0 aromatic heterocycles. The monoisotopic (exact) mass is 372 g/mol.